The molecule has 0 bridgehead atoms. The summed E-state index contributed by atoms with van der Waals surface area (Å²) in [6, 6.07) is 2.09. The second-order valence-electron chi connectivity index (χ2n) is 2.48. The van der Waals surface area contributed by atoms with Gasteiger partial charge in [0.05, 0.1) is 0 Å². The van der Waals surface area contributed by atoms with Crippen molar-refractivity contribution in [3.8, 4) is 0 Å². The van der Waals surface area contributed by atoms with Gasteiger partial charge in [-0.15, -0.1) is 5.98 Å². The quantitative estimate of drug-likeness (QED) is 0.468. The first kappa shape index (κ1) is 5.72. The predicted octanol–water partition coefficient (Wildman–Crippen LogP) is 0.704. The number of hydrogen-bond donors (Lipinski definition) is 0. The summed E-state index contributed by atoms with van der Waals surface area (Å²) in [4.78, 5) is 4.18. The first-order valence-corrected chi connectivity index (χ1v) is 3.34. The van der Waals surface area contributed by atoms with E-state index in [1.165, 1.54) is 11.0 Å². The van der Waals surface area contributed by atoms with E-state index in [1.807, 2.05) is 19.1 Å². The van der Waals surface area contributed by atoms with Crippen molar-refractivity contribution in [2.45, 2.75) is 6.92 Å². The Hall–Kier alpha value is -1.05. The molecule has 2 heterocycles. The van der Waals surface area contributed by atoms with E-state index in [2.05, 4.69) is 24.4 Å². The summed E-state index contributed by atoms with van der Waals surface area (Å²) in [7, 11) is 2.07. The molecule has 0 saturated carbocycles. The van der Waals surface area contributed by atoms with E-state index in [-0.39, 0.29) is 0 Å². The Morgan fingerprint density at radius 1 is 1.50 bits per heavy atom. The van der Waals surface area contributed by atoms with Gasteiger partial charge in [0.1, 0.15) is 0 Å². The standard InChI is InChI=1S/C8H7BN/c1-6-4-7-2-3-9-8(7)5-10-6/h2-5H,1H3. The van der Waals surface area contributed by atoms with Crippen molar-refractivity contribution in [1.29, 1.82) is 0 Å². The Kier molecular flexibility index (Phi) is 1.13. The van der Waals surface area contributed by atoms with Crippen LogP contribution in [0.4, 0.5) is 0 Å². The lowest BCUT2D eigenvalue weighted by molar-refractivity contribution is 1.21. The number of pyridine rings is 1. The van der Waals surface area contributed by atoms with Crippen molar-refractivity contribution in [2.75, 3.05) is 0 Å². The topological polar surface area (TPSA) is 12.9 Å². The summed E-state index contributed by atoms with van der Waals surface area (Å²) in [6.45, 7) is 2.01. The number of rotatable bonds is 0. The minimum absolute atomic E-state index is 1.08. The van der Waals surface area contributed by atoms with Crippen LogP contribution >= 0.6 is 0 Å². The van der Waals surface area contributed by atoms with Crippen molar-refractivity contribution >= 4 is 18.8 Å². The van der Waals surface area contributed by atoms with Crippen molar-refractivity contribution in [1.82, 2.24) is 4.98 Å². The van der Waals surface area contributed by atoms with E-state index in [0.29, 0.717) is 0 Å². The molecule has 0 spiro atoms. The third-order valence-electron chi connectivity index (χ3n) is 1.66. The summed E-state index contributed by atoms with van der Waals surface area (Å²) in [5.41, 5.74) is 3.59. The van der Waals surface area contributed by atoms with E-state index < -0.39 is 0 Å². The molecule has 0 fully saturated rings. The number of nitrogens with zero attached hydrogens (tertiary/aromatic N) is 1. The monoisotopic (exact) mass is 128 g/mol. The lowest BCUT2D eigenvalue weighted by Gasteiger charge is -1.97. The third kappa shape index (κ3) is 0.765. The Bertz CT molecular complexity index is 291. The summed E-state index contributed by atoms with van der Waals surface area (Å²) >= 11 is 0. The van der Waals surface area contributed by atoms with Crippen LogP contribution in [0.5, 0.6) is 0 Å². The lowest BCUT2D eigenvalue weighted by atomic mass is 9.74. The van der Waals surface area contributed by atoms with Gasteiger partial charge in [0.25, 0.3) is 0 Å². The minimum atomic E-state index is 1.08. The summed E-state index contributed by atoms with van der Waals surface area (Å²) < 4.78 is 0. The highest BCUT2D eigenvalue weighted by molar-refractivity contribution is 6.62. The number of aryl methyl sites for hydroxylation is 1. The highest BCUT2D eigenvalue weighted by atomic mass is 14.7. The molecule has 1 nitrogen and oxygen atoms in total. The van der Waals surface area contributed by atoms with Crippen molar-refractivity contribution in [2.24, 2.45) is 0 Å². The second-order valence-corrected chi connectivity index (χ2v) is 2.48. The number of fused-ring (bicyclic) bond motifs is 1. The average molecular weight is 128 g/mol. The third-order valence-corrected chi connectivity index (χ3v) is 1.66. The second kappa shape index (κ2) is 1.98. The number of aromatic nitrogens is 1. The van der Waals surface area contributed by atoms with Crippen LogP contribution in [-0.2, 0) is 0 Å². The molecule has 2 rings (SSSR count). The molecule has 10 heavy (non-hydrogen) atoms. The van der Waals surface area contributed by atoms with Gasteiger partial charge < -0.3 is 0 Å². The molecule has 1 aromatic rings. The molecule has 0 N–H and O–H groups in total. The van der Waals surface area contributed by atoms with Gasteiger partial charge in [0.2, 0.25) is 0 Å². The molecular weight excluding hydrogens is 121 g/mol. The molecule has 0 atom stereocenters. The van der Waals surface area contributed by atoms with Crippen LogP contribution < -0.4 is 5.46 Å². The van der Waals surface area contributed by atoms with Gasteiger partial charge in [0.15, 0.2) is 7.28 Å². The van der Waals surface area contributed by atoms with Gasteiger partial charge in [-0.25, -0.2) is 0 Å². The molecule has 1 aliphatic rings. The molecule has 1 aromatic heterocycles. The Balaban J connectivity index is 2.60. The number of hydrogen-bond acceptors (Lipinski definition) is 1. The highest BCUT2D eigenvalue weighted by Gasteiger charge is 2.04. The SMILES string of the molecule is Cc1cc2c(cn1)[B]C=C2. The zero-order valence-electron chi connectivity index (χ0n) is 5.83. The van der Waals surface area contributed by atoms with Gasteiger partial charge >= 0.3 is 0 Å². The first-order chi connectivity index (χ1) is 4.86. The smallest absolute Gasteiger partial charge is 0.184 e. The first-order valence-electron chi connectivity index (χ1n) is 3.34. The van der Waals surface area contributed by atoms with Crippen molar-refractivity contribution in [3.63, 3.8) is 0 Å². The minimum Gasteiger partial charge on any atom is -0.262 e. The van der Waals surface area contributed by atoms with Crippen LogP contribution in [0.3, 0.4) is 0 Å². The van der Waals surface area contributed by atoms with E-state index >= 15 is 0 Å². The lowest BCUT2D eigenvalue weighted by Crippen LogP contribution is -2.12. The molecule has 0 aromatic carbocycles. The van der Waals surface area contributed by atoms with Crippen molar-refractivity contribution in [3.05, 3.63) is 29.5 Å². The summed E-state index contributed by atoms with van der Waals surface area (Å²) in [5.74, 6) is 2.05. The van der Waals surface area contributed by atoms with Gasteiger partial charge in [-0.2, -0.15) is 0 Å². The molecule has 0 saturated heterocycles. The highest BCUT2D eigenvalue weighted by Crippen LogP contribution is 2.04. The molecule has 0 amide bonds. The largest absolute Gasteiger partial charge is 0.262 e. The van der Waals surface area contributed by atoms with Crippen LogP contribution in [0.15, 0.2) is 18.2 Å². The van der Waals surface area contributed by atoms with Crippen LogP contribution in [0.25, 0.3) is 6.08 Å². The maximum absolute atomic E-state index is 4.18. The zero-order valence-corrected chi connectivity index (χ0v) is 5.83. The predicted molar refractivity (Wildman–Crippen MR) is 43.4 cm³/mol. The van der Waals surface area contributed by atoms with Gasteiger partial charge in [-0.05, 0) is 18.6 Å². The molecule has 0 unspecified atom stereocenters. The molecule has 0 aliphatic carbocycles. The maximum Gasteiger partial charge on any atom is 0.184 e. The Morgan fingerprint density at radius 3 is 3.30 bits per heavy atom. The van der Waals surface area contributed by atoms with E-state index in [4.69, 9.17) is 0 Å². The van der Waals surface area contributed by atoms with Crippen LogP contribution in [0, 0.1) is 6.92 Å². The Morgan fingerprint density at radius 2 is 2.40 bits per heavy atom. The normalized spacial score (nSPS) is 12.9. The summed E-state index contributed by atoms with van der Waals surface area (Å²) in [5, 5.41) is 0. The van der Waals surface area contributed by atoms with Crippen LogP contribution in [-0.4, -0.2) is 12.3 Å². The van der Waals surface area contributed by atoms with Gasteiger partial charge in [-0.3, -0.25) is 4.98 Å². The van der Waals surface area contributed by atoms with Gasteiger partial charge in [-0.1, -0.05) is 11.5 Å². The molecule has 1 aliphatic heterocycles. The maximum atomic E-state index is 4.18. The fourth-order valence-corrected chi connectivity index (χ4v) is 1.13. The summed E-state index contributed by atoms with van der Waals surface area (Å²) in [6.07, 6.45) is 4.01. The van der Waals surface area contributed by atoms with E-state index in [0.717, 1.165) is 5.69 Å². The van der Waals surface area contributed by atoms with Gasteiger partial charge in [0, 0.05) is 11.9 Å². The van der Waals surface area contributed by atoms with Crippen molar-refractivity contribution < 1.29 is 0 Å². The molecule has 1 radical (unpaired) electrons. The van der Waals surface area contributed by atoms with E-state index in [9.17, 15) is 0 Å². The fourth-order valence-electron chi connectivity index (χ4n) is 1.13. The Labute approximate surface area is 61.0 Å². The van der Waals surface area contributed by atoms with E-state index in [1.54, 1.807) is 0 Å². The average Bonchev–Trinajstić information content (AvgIpc) is 2.33. The molecular formula is C8H7BN. The van der Waals surface area contributed by atoms with Crippen LogP contribution in [0.1, 0.15) is 11.3 Å². The molecule has 2 heteroatoms. The van der Waals surface area contributed by atoms with Crippen LogP contribution in [0.2, 0.25) is 0 Å². The molecule has 47 valence electrons. The zero-order chi connectivity index (χ0) is 6.97. The fraction of sp³-hybridized carbons (Fsp3) is 0.125.